The third kappa shape index (κ3) is 0.451. The maximum Gasteiger partial charge on any atom is 0.317 e. The molecule has 3 fully saturated rings. The summed E-state index contributed by atoms with van der Waals surface area (Å²) < 4.78 is 5.06. The van der Waals surface area contributed by atoms with E-state index in [1.54, 1.807) is 0 Å². The highest BCUT2D eigenvalue weighted by Crippen LogP contribution is 2.52. The highest BCUT2D eigenvalue weighted by atomic mass is 16.6. The molecule has 0 spiro atoms. The predicted octanol–water partition coefficient (Wildman–Crippen LogP) is 0.137. The normalized spacial score (nSPS) is 52.0. The molecular weight excluding hydrogens is 144 g/mol. The first-order valence-corrected chi connectivity index (χ1v) is 4.03. The molecule has 4 unspecified atom stereocenters. The van der Waals surface area contributed by atoms with Gasteiger partial charge in [0.25, 0.3) is 0 Å². The molecule has 0 N–H and O–H groups in total. The minimum atomic E-state index is -0.362. The molecule has 0 aromatic carbocycles. The minimum Gasteiger partial charge on any atom is -0.461 e. The second kappa shape index (κ2) is 1.49. The van der Waals surface area contributed by atoms with Crippen LogP contribution in [0.15, 0.2) is 0 Å². The summed E-state index contributed by atoms with van der Waals surface area (Å²) in [5, 5.41) is 0. The third-order valence-electron chi connectivity index (χ3n) is 3.24. The zero-order valence-electron chi connectivity index (χ0n) is 5.95. The second-order valence-electron chi connectivity index (χ2n) is 3.63. The Balaban J connectivity index is 2.11. The highest BCUT2D eigenvalue weighted by Gasteiger charge is 2.64. The summed E-state index contributed by atoms with van der Waals surface area (Å²) in [4.78, 5) is 22.3. The summed E-state index contributed by atoms with van der Waals surface area (Å²) >= 11 is 0. The predicted molar refractivity (Wildman–Crippen MR) is 34.6 cm³/mol. The summed E-state index contributed by atoms with van der Waals surface area (Å²) in [5.41, 5.74) is 0. The Kier molecular flexibility index (Phi) is 0.780. The van der Waals surface area contributed by atoms with E-state index in [1.165, 1.54) is 0 Å². The van der Waals surface area contributed by atoms with E-state index in [2.05, 4.69) is 0 Å². The van der Waals surface area contributed by atoms with E-state index in [0.29, 0.717) is 0 Å². The summed E-state index contributed by atoms with van der Waals surface area (Å²) in [6, 6.07) is 0. The van der Waals surface area contributed by atoms with E-state index in [1.807, 2.05) is 0 Å². The Morgan fingerprint density at radius 3 is 2.64 bits per heavy atom. The average Bonchev–Trinajstić information content (AvgIpc) is 2.50. The smallest absolute Gasteiger partial charge is 0.317 e. The number of esters is 1. The Hall–Kier alpha value is -0.860. The van der Waals surface area contributed by atoms with Gasteiger partial charge in [0.2, 0.25) is 0 Å². The van der Waals surface area contributed by atoms with Crippen LogP contribution in [0.3, 0.4) is 0 Å². The van der Waals surface area contributed by atoms with Gasteiger partial charge in [-0.1, -0.05) is 0 Å². The quantitative estimate of drug-likeness (QED) is 0.366. The molecule has 4 atom stereocenters. The lowest BCUT2D eigenvalue weighted by Crippen LogP contribution is -2.32. The zero-order valence-corrected chi connectivity index (χ0v) is 5.95. The minimum absolute atomic E-state index is 0.0278. The van der Waals surface area contributed by atoms with Crippen LogP contribution in [0.25, 0.3) is 0 Å². The molecule has 3 heteroatoms. The first-order valence-electron chi connectivity index (χ1n) is 4.03. The molecule has 3 aliphatic rings. The SMILES string of the molecule is O=C1OC2C3CCC2C1C3=O. The largest absolute Gasteiger partial charge is 0.461 e. The van der Waals surface area contributed by atoms with Gasteiger partial charge in [0, 0.05) is 5.92 Å². The van der Waals surface area contributed by atoms with Crippen LogP contribution in [0.4, 0.5) is 0 Å². The Morgan fingerprint density at radius 2 is 2.09 bits per heavy atom. The standard InChI is InChI=1S/C8H8O3/c9-6-4-2-1-3-5(6)8(10)11-7(3)4/h3-5,7H,1-2H2. The van der Waals surface area contributed by atoms with Crippen LogP contribution in [0.5, 0.6) is 0 Å². The van der Waals surface area contributed by atoms with Gasteiger partial charge in [0.15, 0.2) is 5.78 Å². The molecule has 1 aliphatic heterocycles. The zero-order chi connectivity index (χ0) is 7.59. The van der Waals surface area contributed by atoms with Gasteiger partial charge in [-0.25, -0.2) is 0 Å². The van der Waals surface area contributed by atoms with E-state index in [-0.39, 0.29) is 35.6 Å². The molecule has 1 saturated heterocycles. The number of Topliss-reactive ketones (excluding diaryl/α,β-unsaturated/α-hetero) is 1. The second-order valence-corrected chi connectivity index (χ2v) is 3.63. The van der Waals surface area contributed by atoms with Crippen molar-refractivity contribution in [3.63, 3.8) is 0 Å². The van der Waals surface area contributed by atoms with Gasteiger partial charge in [-0.05, 0) is 12.8 Å². The third-order valence-corrected chi connectivity index (χ3v) is 3.24. The van der Waals surface area contributed by atoms with Gasteiger partial charge in [0.1, 0.15) is 12.0 Å². The van der Waals surface area contributed by atoms with Crippen LogP contribution < -0.4 is 0 Å². The molecule has 2 aliphatic carbocycles. The fourth-order valence-corrected chi connectivity index (χ4v) is 2.77. The van der Waals surface area contributed by atoms with Crippen molar-refractivity contribution in [2.45, 2.75) is 18.9 Å². The Labute approximate surface area is 63.7 Å². The summed E-state index contributed by atoms with van der Waals surface area (Å²) in [6.45, 7) is 0. The lowest BCUT2D eigenvalue weighted by molar-refractivity contribution is -0.156. The van der Waals surface area contributed by atoms with E-state index in [9.17, 15) is 9.59 Å². The summed E-state index contributed by atoms with van der Waals surface area (Å²) in [5.74, 6) is -0.148. The van der Waals surface area contributed by atoms with Crippen molar-refractivity contribution < 1.29 is 14.3 Å². The maximum atomic E-state index is 11.3. The van der Waals surface area contributed by atoms with Crippen molar-refractivity contribution in [2.24, 2.45) is 17.8 Å². The first kappa shape index (κ1) is 5.75. The fraction of sp³-hybridized carbons (Fsp3) is 0.750. The van der Waals surface area contributed by atoms with E-state index >= 15 is 0 Å². The van der Waals surface area contributed by atoms with Crippen molar-refractivity contribution in [1.29, 1.82) is 0 Å². The van der Waals surface area contributed by atoms with Crippen molar-refractivity contribution in [3.8, 4) is 0 Å². The molecule has 0 amide bonds. The molecule has 58 valence electrons. The van der Waals surface area contributed by atoms with Gasteiger partial charge in [0.05, 0.1) is 5.92 Å². The molecular formula is C8H8O3. The average molecular weight is 152 g/mol. The topological polar surface area (TPSA) is 43.4 Å². The van der Waals surface area contributed by atoms with Crippen molar-refractivity contribution >= 4 is 11.8 Å². The number of hydrogen-bond acceptors (Lipinski definition) is 3. The van der Waals surface area contributed by atoms with Crippen molar-refractivity contribution in [1.82, 2.24) is 0 Å². The number of rotatable bonds is 0. The molecule has 1 heterocycles. The van der Waals surface area contributed by atoms with Crippen LogP contribution in [0, 0.1) is 17.8 Å². The molecule has 11 heavy (non-hydrogen) atoms. The van der Waals surface area contributed by atoms with Crippen LogP contribution in [0.2, 0.25) is 0 Å². The first-order chi connectivity index (χ1) is 5.29. The van der Waals surface area contributed by atoms with Gasteiger partial charge in [-0.15, -0.1) is 0 Å². The van der Waals surface area contributed by atoms with Crippen molar-refractivity contribution in [3.05, 3.63) is 0 Å². The van der Waals surface area contributed by atoms with Crippen LogP contribution in [-0.2, 0) is 14.3 Å². The van der Waals surface area contributed by atoms with Crippen LogP contribution in [0.1, 0.15) is 12.8 Å². The van der Waals surface area contributed by atoms with Gasteiger partial charge >= 0.3 is 5.97 Å². The van der Waals surface area contributed by atoms with Crippen molar-refractivity contribution in [2.75, 3.05) is 0 Å². The molecule has 0 aromatic rings. The number of carbonyl (C=O) groups excluding carboxylic acids is 2. The van der Waals surface area contributed by atoms with Gasteiger partial charge < -0.3 is 4.74 Å². The molecule has 0 aromatic heterocycles. The van der Waals surface area contributed by atoms with Gasteiger partial charge in [-0.2, -0.15) is 0 Å². The number of ketones is 1. The maximum absolute atomic E-state index is 11.3. The number of carbonyl (C=O) groups is 2. The Bertz CT molecular complexity index is 258. The molecule has 3 nitrogen and oxygen atoms in total. The monoisotopic (exact) mass is 152 g/mol. The lowest BCUT2D eigenvalue weighted by atomic mass is 9.88. The summed E-state index contributed by atoms with van der Waals surface area (Å²) in [6.07, 6.45) is 1.93. The Morgan fingerprint density at radius 1 is 1.27 bits per heavy atom. The van der Waals surface area contributed by atoms with Gasteiger partial charge in [-0.3, -0.25) is 9.59 Å². The highest BCUT2D eigenvalue weighted by molar-refractivity contribution is 6.06. The lowest BCUT2D eigenvalue weighted by Gasteiger charge is -2.18. The van der Waals surface area contributed by atoms with E-state index in [0.717, 1.165) is 12.8 Å². The number of ether oxygens (including phenoxy) is 1. The van der Waals surface area contributed by atoms with E-state index in [4.69, 9.17) is 4.74 Å². The molecule has 3 rings (SSSR count). The van der Waals surface area contributed by atoms with Crippen LogP contribution in [-0.4, -0.2) is 17.9 Å². The fourth-order valence-electron chi connectivity index (χ4n) is 2.77. The van der Waals surface area contributed by atoms with E-state index < -0.39 is 0 Å². The van der Waals surface area contributed by atoms with Crippen LogP contribution >= 0.6 is 0 Å². The molecule has 0 radical (unpaired) electrons. The summed E-state index contributed by atoms with van der Waals surface area (Å²) in [7, 11) is 0. The number of hydrogen-bond donors (Lipinski definition) is 0. The molecule has 2 saturated carbocycles. The molecule has 4 bridgehead atoms.